The summed E-state index contributed by atoms with van der Waals surface area (Å²) in [4.78, 5) is 14.4. The maximum atomic E-state index is 12.1. The number of aliphatic hydroxyl groups is 1. The van der Waals surface area contributed by atoms with Crippen molar-refractivity contribution < 1.29 is 9.52 Å². The molecular formula is C21H30Cl2N2O3. The number of nitrogens with zero attached hydrogens (tertiary/aromatic N) is 1. The van der Waals surface area contributed by atoms with Crippen LogP contribution < -0.4 is 10.9 Å². The second-order valence-electron chi connectivity index (χ2n) is 8.33. The van der Waals surface area contributed by atoms with E-state index in [0.717, 1.165) is 55.4 Å². The molecule has 2 saturated heterocycles. The molecule has 156 valence electrons. The van der Waals surface area contributed by atoms with E-state index in [9.17, 15) is 9.90 Å². The van der Waals surface area contributed by atoms with E-state index in [0.29, 0.717) is 18.7 Å². The number of halogens is 2. The molecule has 0 saturated carbocycles. The van der Waals surface area contributed by atoms with Gasteiger partial charge in [0, 0.05) is 31.1 Å². The molecule has 1 unspecified atom stereocenters. The molecule has 0 bridgehead atoms. The number of hydrogen-bond donors (Lipinski definition) is 2. The monoisotopic (exact) mass is 428 g/mol. The third kappa shape index (κ3) is 4.71. The van der Waals surface area contributed by atoms with E-state index in [4.69, 9.17) is 4.42 Å². The van der Waals surface area contributed by atoms with Crippen LogP contribution in [-0.4, -0.2) is 42.3 Å². The molecule has 1 aromatic heterocycles. The average molecular weight is 429 g/mol. The van der Waals surface area contributed by atoms with Crippen LogP contribution in [0.15, 0.2) is 27.4 Å². The lowest BCUT2D eigenvalue weighted by Gasteiger charge is -2.47. The number of benzene rings is 1. The van der Waals surface area contributed by atoms with Gasteiger partial charge in [-0.25, -0.2) is 4.79 Å². The van der Waals surface area contributed by atoms with Gasteiger partial charge in [0.05, 0.1) is 6.10 Å². The summed E-state index contributed by atoms with van der Waals surface area (Å²) in [5.74, 6) is 0. The van der Waals surface area contributed by atoms with Crippen molar-refractivity contribution in [3.05, 3.63) is 45.3 Å². The van der Waals surface area contributed by atoms with Crippen molar-refractivity contribution in [2.45, 2.75) is 45.8 Å². The van der Waals surface area contributed by atoms with Crippen LogP contribution in [0.5, 0.6) is 0 Å². The van der Waals surface area contributed by atoms with Gasteiger partial charge in [0.25, 0.3) is 0 Å². The van der Waals surface area contributed by atoms with Gasteiger partial charge >= 0.3 is 5.63 Å². The summed E-state index contributed by atoms with van der Waals surface area (Å²) in [6.07, 6.45) is 2.81. The molecule has 5 nitrogen and oxygen atoms in total. The molecule has 0 radical (unpaired) electrons. The van der Waals surface area contributed by atoms with Gasteiger partial charge in [-0.2, -0.15) is 0 Å². The van der Waals surface area contributed by atoms with Gasteiger partial charge in [0.2, 0.25) is 0 Å². The Morgan fingerprint density at radius 3 is 2.64 bits per heavy atom. The Labute approximate surface area is 178 Å². The maximum Gasteiger partial charge on any atom is 0.336 e. The Balaban J connectivity index is 0.00000140. The second-order valence-corrected chi connectivity index (χ2v) is 8.33. The number of nitrogens with one attached hydrogen (secondary N) is 1. The number of fused-ring (bicyclic) bond motifs is 1. The number of β-amino-alcohol motifs (C(OH)–C–C–N with tert-alkyl or cyclic N) is 1. The number of hydrogen-bond acceptors (Lipinski definition) is 5. The molecule has 4 rings (SSSR count). The molecule has 1 atom stereocenters. The topological polar surface area (TPSA) is 65.7 Å². The summed E-state index contributed by atoms with van der Waals surface area (Å²) in [6, 6.07) is 5.77. The van der Waals surface area contributed by atoms with E-state index in [1.54, 1.807) is 6.07 Å². The third-order valence-electron chi connectivity index (χ3n) is 6.01. The van der Waals surface area contributed by atoms with Gasteiger partial charge in [-0.05, 0) is 74.4 Å². The quantitative estimate of drug-likeness (QED) is 0.718. The molecular weight excluding hydrogens is 399 g/mol. The van der Waals surface area contributed by atoms with E-state index in [2.05, 4.69) is 23.2 Å². The zero-order valence-corrected chi connectivity index (χ0v) is 18.1. The summed E-state index contributed by atoms with van der Waals surface area (Å²) in [5.41, 5.74) is 3.75. The highest BCUT2D eigenvalue weighted by molar-refractivity contribution is 5.85. The number of likely N-dealkylation sites (tertiary alicyclic amines) is 1. The molecule has 2 N–H and O–H groups in total. The Hall–Kier alpha value is -1.11. The highest BCUT2D eigenvalue weighted by Gasteiger charge is 2.40. The Morgan fingerprint density at radius 2 is 1.93 bits per heavy atom. The van der Waals surface area contributed by atoms with Gasteiger partial charge in [-0.1, -0.05) is 6.07 Å². The lowest BCUT2D eigenvalue weighted by molar-refractivity contribution is -0.0277. The molecule has 2 aliphatic rings. The van der Waals surface area contributed by atoms with Crippen LogP contribution in [0.2, 0.25) is 0 Å². The van der Waals surface area contributed by atoms with Crippen LogP contribution in [0.3, 0.4) is 0 Å². The largest absolute Gasteiger partial charge is 0.422 e. The predicted molar refractivity (Wildman–Crippen MR) is 117 cm³/mol. The summed E-state index contributed by atoms with van der Waals surface area (Å²) in [5, 5.41) is 14.9. The van der Waals surface area contributed by atoms with E-state index in [1.807, 2.05) is 13.0 Å². The molecule has 1 aromatic carbocycles. The fourth-order valence-electron chi connectivity index (χ4n) is 4.96. The van der Waals surface area contributed by atoms with Gasteiger partial charge in [-0.15, -0.1) is 24.8 Å². The first-order valence-electron chi connectivity index (χ1n) is 9.59. The molecule has 0 amide bonds. The smallest absolute Gasteiger partial charge is 0.336 e. The minimum atomic E-state index is -0.298. The first-order valence-corrected chi connectivity index (χ1v) is 9.59. The summed E-state index contributed by atoms with van der Waals surface area (Å²) in [6.45, 7) is 8.43. The lowest BCUT2D eigenvalue weighted by Crippen LogP contribution is -2.52. The van der Waals surface area contributed by atoms with Crippen LogP contribution >= 0.6 is 24.8 Å². The third-order valence-corrected chi connectivity index (χ3v) is 6.01. The molecule has 28 heavy (non-hydrogen) atoms. The van der Waals surface area contributed by atoms with Crippen molar-refractivity contribution in [2.75, 3.05) is 26.2 Å². The molecule has 1 spiro atoms. The molecule has 3 heterocycles. The highest BCUT2D eigenvalue weighted by Crippen LogP contribution is 2.39. The van der Waals surface area contributed by atoms with Crippen molar-refractivity contribution in [1.29, 1.82) is 0 Å². The van der Waals surface area contributed by atoms with Crippen LogP contribution in [0.25, 0.3) is 11.0 Å². The van der Waals surface area contributed by atoms with Crippen LogP contribution in [-0.2, 0) is 6.54 Å². The number of rotatable bonds is 2. The Morgan fingerprint density at radius 1 is 1.21 bits per heavy atom. The van der Waals surface area contributed by atoms with Crippen LogP contribution in [0, 0.1) is 19.3 Å². The number of piperidine rings is 2. The minimum absolute atomic E-state index is 0. The maximum absolute atomic E-state index is 12.1. The number of aryl methyl sites for hydroxylation is 2. The summed E-state index contributed by atoms with van der Waals surface area (Å²) < 4.78 is 5.48. The summed E-state index contributed by atoms with van der Waals surface area (Å²) >= 11 is 0. The van der Waals surface area contributed by atoms with Crippen molar-refractivity contribution in [1.82, 2.24) is 10.2 Å². The van der Waals surface area contributed by atoms with E-state index < -0.39 is 0 Å². The molecule has 7 heteroatoms. The zero-order chi connectivity index (χ0) is 18.3. The van der Waals surface area contributed by atoms with E-state index >= 15 is 0 Å². The molecule has 2 fully saturated rings. The van der Waals surface area contributed by atoms with Crippen molar-refractivity contribution in [3.63, 3.8) is 0 Å². The fraction of sp³-hybridized carbons (Fsp3) is 0.571. The van der Waals surface area contributed by atoms with Gasteiger partial charge in [0.1, 0.15) is 5.58 Å². The predicted octanol–water partition coefficient (Wildman–Crippen LogP) is 3.19. The van der Waals surface area contributed by atoms with Crippen LogP contribution in [0.4, 0.5) is 0 Å². The first-order chi connectivity index (χ1) is 12.4. The van der Waals surface area contributed by atoms with Gasteiger partial charge < -0.3 is 14.8 Å². The van der Waals surface area contributed by atoms with Crippen LogP contribution in [0.1, 0.15) is 36.0 Å². The molecule has 2 aromatic rings. The Bertz CT molecular complexity index is 878. The Kier molecular flexibility index (Phi) is 7.56. The lowest BCUT2D eigenvalue weighted by atomic mass is 9.72. The van der Waals surface area contributed by atoms with Gasteiger partial charge in [0.15, 0.2) is 0 Å². The highest BCUT2D eigenvalue weighted by atomic mass is 35.5. The minimum Gasteiger partial charge on any atom is -0.422 e. The van der Waals surface area contributed by atoms with Crippen molar-refractivity contribution >= 4 is 35.8 Å². The molecule has 2 aliphatic heterocycles. The second kappa shape index (κ2) is 9.14. The van der Waals surface area contributed by atoms with E-state index in [1.165, 1.54) is 5.56 Å². The molecule has 0 aliphatic carbocycles. The first kappa shape index (κ1) is 23.2. The number of aliphatic hydroxyl groups excluding tert-OH is 1. The summed E-state index contributed by atoms with van der Waals surface area (Å²) in [7, 11) is 0. The normalized spacial score (nSPS) is 21.9. The van der Waals surface area contributed by atoms with E-state index in [-0.39, 0.29) is 42.0 Å². The van der Waals surface area contributed by atoms with Crippen molar-refractivity contribution in [3.8, 4) is 0 Å². The standard InChI is InChI=1S/C21H28N2O3.2ClH/c1-14-7-15(2)20-18(8-14)16(9-19(25)26-20)11-23-12-17(24)10-21(13-23)3-5-22-6-4-21;;/h7-9,17,22,24H,3-6,10-13H2,1-2H3;2*1H. The van der Waals surface area contributed by atoms with Crippen molar-refractivity contribution in [2.24, 2.45) is 5.41 Å². The SMILES string of the molecule is Cc1cc(C)c2oc(=O)cc(CN3CC(O)CC4(CCNCC4)C3)c2c1.Cl.Cl. The van der Waals surface area contributed by atoms with Gasteiger partial charge in [-0.3, -0.25) is 4.90 Å². The fourth-order valence-corrected chi connectivity index (χ4v) is 4.96. The average Bonchev–Trinajstić information content (AvgIpc) is 2.56. The zero-order valence-electron chi connectivity index (χ0n) is 16.5.